The molecule has 6 nitrogen and oxygen atoms in total. The molecule has 2 atom stereocenters. The van der Waals surface area contributed by atoms with E-state index in [9.17, 15) is 13.2 Å². The molecule has 2 bridgehead atoms. The highest BCUT2D eigenvalue weighted by Crippen LogP contribution is 2.41. The monoisotopic (exact) mass is 324 g/mol. The Bertz CT molecular complexity index is 693. The highest BCUT2D eigenvalue weighted by atomic mass is 32.2. The van der Waals surface area contributed by atoms with E-state index in [2.05, 4.69) is 5.16 Å². The van der Waals surface area contributed by atoms with E-state index in [0.717, 1.165) is 31.4 Å². The van der Waals surface area contributed by atoms with Gasteiger partial charge in [-0.25, -0.2) is 8.42 Å². The molecule has 1 saturated carbocycles. The fourth-order valence-electron chi connectivity index (χ4n) is 3.89. The average molecular weight is 324 g/mol. The zero-order chi connectivity index (χ0) is 15.5. The summed E-state index contributed by atoms with van der Waals surface area (Å²) in [5.41, 5.74) is 0.372. The lowest BCUT2D eigenvalue weighted by Crippen LogP contribution is -2.49. The summed E-state index contributed by atoms with van der Waals surface area (Å²) >= 11 is 0. The van der Waals surface area contributed by atoms with Gasteiger partial charge in [0.2, 0.25) is 0 Å². The number of hydrogen-bond donors (Lipinski definition) is 0. The molecule has 2 unspecified atom stereocenters. The van der Waals surface area contributed by atoms with E-state index in [1.165, 1.54) is 6.26 Å². The molecule has 2 saturated heterocycles. The van der Waals surface area contributed by atoms with Crippen molar-refractivity contribution >= 4 is 15.7 Å². The van der Waals surface area contributed by atoms with Crippen molar-refractivity contribution in [2.45, 2.75) is 61.8 Å². The van der Waals surface area contributed by atoms with Crippen molar-refractivity contribution in [3.63, 3.8) is 0 Å². The van der Waals surface area contributed by atoms with Crippen LogP contribution in [0.4, 0.5) is 0 Å². The van der Waals surface area contributed by atoms with Crippen LogP contribution < -0.4 is 0 Å². The van der Waals surface area contributed by atoms with Gasteiger partial charge in [0.25, 0.3) is 5.91 Å². The fourth-order valence-corrected chi connectivity index (χ4v) is 5.03. The van der Waals surface area contributed by atoms with Crippen LogP contribution in [-0.2, 0) is 9.84 Å². The van der Waals surface area contributed by atoms with Crippen LogP contribution in [0, 0.1) is 0 Å². The van der Waals surface area contributed by atoms with E-state index in [4.69, 9.17) is 4.52 Å². The van der Waals surface area contributed by atoms with Crippen LogP contribution >= 0.6 is 0 Å². The maximum Gasteiger partial charge on any atom is 0.276 e. The minimum Gasteiger partial charge on any atom is -0.360 e. The number of piperidine rings is 1. The molecule has 4 rings (SSSR count). The van der Waals surface area contributed by atoms with Crippen molar-refractivity contribution in [3.05, 3.63) is 17.5 Å². The summed E-state index contributed by atoms with van der Waals surface area (Å²) in [5.74, 6) is 1.14. The Kier molecular flexibility index (Phi) is 3.11. The molecule has 0 spiro atoms. The predicted molar refractivity (Wildman–Crippen MR) is 79.3 cm³/mol. The standard InChI is InChI=1S/C15H20N2O4S/c1-22(19,20)12-6-10-4-5-11(7-12)17(10)15(18)13-8-14(21-16-13)9-2-3-9/h8-12H,2-7H2,1H3. The van der Waals surface area contributed by atoms with Crippen LogP contribution in [0.15, 0.2) is 10.6 Å². The van der Waals surface area contributed by atoms with E-state index < -0.39 is 9.84 Å². The van der Waals surface area contributed by atoms with E-state index >= 15 is 0 Å². The van der Waals surface area contributed by atoms with Crippen LogP contribution in [0.3, 0.4) is 0 Å². The van der Waals surface area contributed by atoms with Crippen molar-refractivity contribution in [1.82, 2.24) is 10.1 Å². The fraction of sp³-hybridized carbons (Fsp3) is 0.733. The van der Waals surface area contributed by atoms with Gasteiger partial charge in [0, 0.05) is 30.3 Å². The Morgan fingerprint density at radius 2 is 1.86 bits per heavy atom. The van der Waals surface area contributed by atoms with Crippen LogP contribution in [-0.4, -0.2) is 48.0 Å². The molecule has 0 aromatic carbocycles. The number of aromatic nitrogens is 1. The second-order valence-corrected chi connectivity index (χ2v) is 9.23. The van der Waals surface area contributed by atoms with Crippen LogP contribution in [0.2, 0.25) is 0 Å². The maximum atomic E-state index is 12.7. The number of amides is 1. The molecule has 0 radical (unpaired) electrons. The SMILES string of the molecule is CS(=O)(=O)C1CC2CCC(C1)N2C(=O)c1cc(C2CC2)on1. The van der Waals surface area contributed by atoms with Crippen molar-refractivity contribution < 1.29 is 17.7 Å². The lowest BCUT2D eigenvalue weighted by atomic mass is 10.0. The largest absolute Gasteiger partial charge is 0.360 e. The van der Waals surface area contributed by atoms with E-state index in [1.807, 2.05) is 4.90 Å². The van der Waals surface area contributed by atoms with Gasteiger partial charge < -0.3 is 9.42 Å². The van der Waals surface area contributed by atoms with Gasteiger partial charge in [-0.1, -0.05) is 5.16 Å². The van der Waals surface area contributed by atoms with Gasteiger partial charge in [0.05, 0.1) is 5.25 Å². The first-order valence-electron chi connectivity index (χ1n) is 7.91. The second kappa shape index (κ2) is 4.81. The van der Waals surface area contributed by atoms with Gasteiger partial charge in [-0.05, 0) is 38.5 Å². The van der Waals surface area contributed by atoms with Gasteiger partial charge in [-0.15, -0.1) is 0 Å². The maximum absolute atomic E-state index is 12.7. The summed E-state index contributed by atoms with van der Waals surface area (Å²) < 4.78 is 28.9. The molecule has 3 aliphatic rings. The molecule has 7 heteroatoms. The third kappa shape index (κ3) is 2.35. The van der Waals surface area contributed by atoms with Crippen molar-refractivity contribution in [1.29, 1.82) is 0 Å². The minimum atomic E-state index is -3.04. The molecular weight excluding hydrogens is 304 g/mol. The summed E-state index contributed by atoms with van der Waals surface area (Å²) in [6, 6.07) is 1.81. The Labute approximate surface area is 129 Å². The zero-order valence-corrected chi connectivity index (χ0v) is 13.4. The zero-order valence-electron chi connectivity index (χ0n) is 12.6. The molecule has 1 aliphatic carbocycles. The van der Waals surface area contributed by atoms with E-state index in [1.54, 1.807) is 6.07 Å². The first-order chi connectivity index (χ1) is 10.4. The normalized spacial score (nSPS) is 31.5. The Morgan fingerprint density at radius 3 is 2.41 bits per heavy atom. The molecule has 2 aliphatic heterocycles. The van der Waals surface area contributed by atoms with Gasteiger partial charge in [0.15, 0.2) is 5.69 Å². The average Bonchev–Trinajstić information content (AvgIpc) is 3.14. The van der Waals surface area contributed by atoms with Gasteiger partial charge in [-0.2, -0.15) is 0 Å². The first kappa shape index (κ1) is 14.2. The number of carbonyl (C=O) groups excluding carboxylic acids is 1. The molecule has 0 N–H and O–H groups in total. The van der Waals surface area contributed by atoms with Gasteiger partial charge in [-0.3, -0.25) is 4.79 Å². The van der Waals surface area contributed by atoms with Crippen LogP contribution in [0.1, 0.15) is 60.7 Å². The van der Waals surface area contributed by atoms with Crippen LogP contribution in [0.25, 0.3) is 0 Å². The Morgan fingerprint density at radius 1 is 1.23 bits per heavy atom. The number of nitrogens with zero attached hydrogens (tertiary/aromatic N) is 2. The Balaban J connectivity index is 1.54. The highest BCUT2D eigenvalue weighted by Gasteiger charge is 2.46. The van der Waals surface area contributed by atoms with Crippen molar-refractivity contribution in [2.24, 2.45) is 0 Å². The molecule has 3 fully saturated rings. The lowest BCUT2D eigenvalue weighted by Gasteiger charge is -2.37. The summed E-state index contributed by atoms with van der Waals surface area (Å²) in [6.45, 7) is 0. The van der Waals surface area contributed by atoms with E-state index in [0.29, 0.717) is 24.5 Å². The first-order valence-corrected chi connectivity index (χ1v) is 9.87. The summed E-state index contributed by atoms with van der Waals surface area (Å²) in [6.07, 6.45) is 6.38. The quantitative estimate of drug-likeness (QED) is 0.846. The predicted octanol–water partition coefficient (Wildman–Crippen LogP) is 1.73. The topological polar surface area (TPSA) is 80.5 Å². The number of carbonyl (C=O) groups is 1. The molecule has 120 valence electrons. The number of fused-ring (bicyclic) bond motifs is 2. The van der Waals surface area contributed by atoms with Crippen LogP contribution in [0.5, 0.6) is 0 Å². The summed E-state index contributed by atoms with van der Waals surface area (Å²) in [7, 11) is -3.04. The van der Waals surface area contributed by atoms with E-state index in [-0.39, 0.29) is 23.2 Å². The van der Waals surface area contributed by atoms with Gasteiger partial charge >= 0.3 is 0 Å². The molecule has 1 aromatic heterocycles. The van der Waals surface area contributed by atoms with Gasteiger partial charge in [0.1, 0.15) is 15.6 Å². The summed E-state index contributed by atoms with van der Waals surface area (Å²) in [5, 5.41) is 3.62. The Hall–Kier alpha value is -1.37. The third-order valence-corrected chi connectivity index (χ3v) is 6.85. The summed E-state index contributed by atoms with van der Waals surface area (Å²) in [4.78, 5) is 14.6. The molecule has 1 aromatic rings. The number of hydrogen-bond acceptors (Lipinski definition) is 5. The molecule has 1 amide bonds. The third-order valence-electron chi connectivity index (χ3n) is 5.26. The smallest absolute Gasteiger partial charge is 0.276 e. The number of rotatable bonds is 3. The van der Waals surface area contributed by atoms with Crippen molar-refractivity contribution in [2.75, 3.05) is 6.26 Å². The highest BCUT2D eigenvalue weighted by molar-refractivity contribution is 7.91. The second-order valence-electron chi connectivity index (χ2n) is 6.91. The number of sulfone groups is 1. The lowest BCUT2D eigenvalue weighted by molar-refractivity contribution is 0.0587. The van der Waals surface area contributed by atoms with Crippen molar-refractivity contribution in [3.8, 4) is 0 Å². The molecule has 3 heterocycles. The minimum absolute atomic E-state index is 0.0204. The molecule has 22 heavy (non-hydrogen) atoms. The molecular formula is C15H20N2O4S.